The molecule has 0 aromatic heterocycles. The van der Waals surface area contributed by atoms with Gasteiger partial charge in [-0.25, -0.2) is 0 Å². The fraction of sp³-hybridized carbons (Fsp3) is 0.300. The second-order valence-corrected chi connectivity index (χ2v) is 6.93. The Morgan fingerprint density at radius 2 is 1.62 bits per heavy atom. The van der Waals surface area contributed by atoms with Crippen molar-refractivity contribution in [3.05, 3.63) is 58.1 Å². The lowest BCUT2D eigenvalue weighted by atomic mass is 9.88. The summed E-state index contributed by atoms with van der Waals surface area (Å²) in [6.07, 6.45) is -0.930. The van der Waals surface area contributed by atoms with Crippen molar-refractivity contribution in [2.75, 3.05) is 10.6 Å². The van der Waals surface area contributed by atoms with E-state index in [1.807, 2.05) is 37.3 Å². The van der Waals surface area contributed by atoms with Gasteiger partial charge < -0.3 is 20.8 Å². The lowest BCUT2D eigenvalue weighted by Gasteiger charge is -2.27. The zero-order chi connectivity index (χ0) is 18.4. The highest BCUT2D eigenvalue weighted by Gasteiger charge is 2.29. The highest BCUT2D eigenvalue weighted by atomic mass is 16.3. The molecule has 2 unspecified atom stereocenters. The van der Waals surface area contributed by atoms with Gasteiger partial charge in [-0.05, 0) is 47.2 Å². The maximum Gasteiger partial charge on any atom is 0.253 e. The van der Waals surface area contributed by atoms with Gasteiger partial charge >= 0.3 is 0 Å². The van der Waals surface area contributed by atoms with Crippen LogP contribution >= 0.6 is 0 Å². The molecule has 4 rings (SSSR count). The van der Waals surface area contributed by atoms with Crippen LogP contribution in [0.1, 0.15) is 27.8 Å². The Labute approximate surface area is 150 Å². The number of hydrogen-bond donors (Lipinski definition) is 4. The molecule has 2 atom stereocenters. The zero-order valence-electron chi connectivity index (χ0n) is 14.4. The predicted octanol–water partition coefficient (Wildman–Crippen LogP) is 1.30. The Kier molecular flexibility index (Phi) is 4.01. The van der Waals surface area contributed by atoms with E-state index in [0.29, 0.717) is 12.8 Å². The lowest BCUT2D eigenvalue weighted by Crippen LogP contribution is -2.35. The molecule has 0 aliphatic carbocycles. The van der Waals surface area contributed by atoms with Crippen LogP contribution in [0.5, 0.6) is 0 Å². The van der Waals surface area contributed by atoms with Crippen molar-refractivity contribution in [2.45, 2.75) is 38.4 Å². The second-order valence-electron chi connectivity index (χ2n) is 6.93. The predicted molar refractivity (Wildman–Crippen MR) is 97.1 cm³/mol. The molecule has 0 saturated carbocycles. The number of aryl methyl sites for hydroxylation is 1. The molecule has 2 aromatic rings. The molecule has 2 heterocycles. The molecule has 6 nitrogen and oxygen atoms in total. The summed E-state index contributed by atoms with van der Waals surface area (Å²) >= 11 is 0. The maximum absolute atomic E-state index is 11.9. The van der Waals surface area contributed by atoms with Crippen LogP contribution in [0.2, 0.25) is 0 Å². The Morgan fingerprint density at radius 1 is 0.923 bits per heavy atom. The van der Waals surface area contributed by atoms with Crippen molar-refractivity contribution in [1.82, 2.24) is 0 Å². The molecule has 0 radical (unpaired) electrons. The van der Waals surface area contributed by atoms with Crippen molar-refractivity contribution in [1.29, 1.82) is 0 Å². The third-order valence-corrected chi connectivity index (χ3v) is 5.19. The summed E-state index contributed by atoms with van der Waals surface area (Å²) in [6, 6.07) is 9.63. The molecular weight excluding hydrogens is 332 g/mol. The molecule has 2 aliphatic rings. The van der Waals surface area contributed by atoms with Crippen LogP contribution in [0.15, 0.2) is 30.3 Å². The minimum absolute atomic E-state index is 0.274. The van der Waals surface area contributed by atoms with Crippen LogP contribution in [0.4, 0.5) is 11.4 Å². The number of nitrogens with one attached hydrogen (secondary N) is 2. The average molecular weight is 352 g/mol. The molecule has 4 N–H and O–H groups in total. The smallest absolute Gasteiger partial charge is 0.253 e. The molecule has 0 fully saturated rings. The summed E-state index contributed by atoms with van der Waals surface area (Å²) in [5, 5.41) is 25.3. The second kappa shape index (κ2) is 6.23. The van der Waals surface area contributed by atoms with Gasteiger partial charge in [0.15, 0.2) is 0 Å². The topological polar surface area (TPSA) is 98.7 Å². The number of amides is 2. The summed E-state index contributed by atoms with van der Waals surface area (Å²) in [4.78, 5) is 23.6. The van der Waals surface area contributed by atoms with Gasteiger partial charge in [-0.2, -0.15) is 0 Å². The summed E-state index contributed by atoms with van der Waals surface area (Å²) in [6.45, 7) is 1.96. The monoisotopic (exact) mass is 352 g/mol. The number of anilines is 2. The van der Waals surface area contributed by atoms with Crippen LogP contribution in [0.3, 0.4) is 0 Å². The van der Waals surface area contributed by atoms with E-state index in [0.717, 1.165) is 39.2 Å². The Morgan fingerprint density at radius 3 is 2.38 bits per heavy atom. The first-order valence-electron chi connectivity index (χ1n) is 8.64. The standard InChI is InChI=1S/C20H20N2O4/c1-10-5-6-12(18-13(10)8-16(23)20(26)22-18)7-11-3-2-4-15-14(11)9-17(24)19(25)21-15/h2-6,16-17,23-24H,7-9H2,1H3,(H,21,25)(H,22,26). The van der Waals surface area contributed by atoms with Gasteiger partial charge in [0.1, 0.15) is 12.2 Å². The minimum atomic E-state index is -1.05. The minimum Gasteiger partial charge on any atom is -0.383 e. The van der Waals surface area contributed by atoms with E-state index in [9.17, 15) is 19.8 Å². The molecule has 2 aliphatic heterocycles. The van der Waals surface area contributed by atoms with Crippen LogP contribution in [0.25, 0.3) is 0 Å². The number of aliphatic hydroxyl groups is 2. The fourth-order valence-corrected chi connectivity index (χ4v) is 3.72. The molecule has 26 heavy (non-hydrogen) atoms. The number of benzene rings is 2. The first-order valence-corrected chi connectivity index (χ1v) is 8.64. The molecule has 0 bridgehead atoms. The van der Waals surface area contributed by atoms with Crippen molar-refractivity contribution in [3.63, 3.8) is 0 Å². The number of hydrogen-bond acceptors (Lipinski definition) is 4. The van der Waals surface area contributed by atoms with Gasteiger partial charge in [0.25, 0.3) is 11.8 Å². The van der Waals surface area contributed by atoms with Gasteiger partial charge in [0.2, 0.25) is 0 Å². The third kappa shape index (κ3) is 2.77. The molecular formula is C20H20N2O4. The van der Waals surface area contributed by atoms with Gasteiger partial charge in [-0.1, -0.05) is 24.3 Å². The largest absolute Gasteiger partial charge is 0.383 e. The van der Waals surface area contributed by atoms with Gasteiger partial charge in [0.05, 0.1) is 0 Å². The first kappa shape index (κ1) is 16.8. The maximum atomic E-state index is 11.9. The van der Waals surface area contributed by atoms with Crippen molar-refractivity contribution >= 4 is 23.2 Å². The van der Waals surface area contributed by atoms with E-state index in [4.69, 9.17) is 0 Å². The Hall–Kier alpha value is -2.70. The molecule has 2 aromatic carbocycles. The lowest BCUT2D eigenvalue weighted by molar-refractivity contribution is -0.125. The van der Waals surface area contributed by atoms with E-state index >= 15 is 0 Å². The van der Waals surface area contributed by atoms with Gasteiger partial charge in [-0.3, -0.25) is 9.59 Å². The molecule has 2 amide bonds. The highest BCUT2D eigenvalue weighted by Crippen LogP contribution is 2.33. The summed E-state index contributed by atoms with van der Waals surface area (Å²) in [5.41, 5.74) is 6.32. The molecule has 134 valence electrons. The van der Waals surface area contributed by atoms with E-state index in [1.165, 1.54) is 0 Å². The van der Waals surface area contributed by atoms with E-state index in [2.05, 4.69) is 10.6 Å². The number of carbonyl (C=O) groups excluding carboxylic acids is 2. The molecule has 0 saturated heterocycles. The van der Waals surface area contributed by atoms with Gasteiger partial charge in [0, 0.05) is 24.2 Å². The number of carbonyl (C=O) groups is 2. The normalized spacial score (nSPS) is 21.5. The van der Waals surface area contributed by atoms with Gasteiger partial charge in [-0.15, -0.1) is 0 Å². The van der Waals surface area contributed by atoms with E-state index in [-0.39, 0.29) is 18.2 Å². The summed E-state index contributed by atoms with van der Waals surface area (Å²) in [7, 11) is 0. The Balaban J connectivity index is 1.74. The average Bonchev–Trinajstić information content (AvgIpc) is 2.61. The SMILES string of the molecule is Cc1ccc(Cc2cccc3c2CC(O)C(=O)N3)c2c1CC(O)C(=O)N2. The van der Waals surface area contributed by atoms with Crippen molar-refractivity contribution < 1.29 is 19.8 Å². The van der Waals surface area contributed by atoms with Crippen molar-refractivity contribution in [3.8, 4) is 0 Å². The quantitative estimate of drug-likeness (QED) is 0.655. The fourth-order valence-electron chi connectivity index (χ4n) is 3.72. The highest BCUT2D eigenvalue weighted by molar-refractivity contribution is 5.99. The first-order chi connectivity index (χ1) is 12.4. The van der Waals surface area contributed by atoms with Crippen molar-refractivity contribution in [2.24, 2.45) is 0 Å². The molecule has 6 heteroatoms. The Bertz CT molecular complexity index is 922. The van der Waals surface area contributed by atoms with Crippen LogP contribution < -0.4 is 10.6 Å². The number of aliphatic hydroxyl groups excluding tert-OH is 2. The summed E-state index contributed by atoms with van der Waals surface area (Å²) < 4.78 is 0. The molecule has 0 spiro atoms. The third-order valence-electron chi connectivity index (χ3n) is 5.19. The van der Waals surface area contributed by atoms with E-state index < -0.39 is 12.2 Å². The number of rotatable bonds is 2. The van der Waals surface area contributed by atoms with E-state index in [1.54, 1.807) is 0 Å². The van der Waals surface area contributed by atoms with Crippen LogP contribution in [-0.2, 0) is 28.9 Å². The van der Waals surface area contributed by atoms with Crippen LogP contribution in [0, 0.1) is 6.92 Å². The summed E-state index contributed by atoms with van der Waals surface area (Å²) in [5.74, 6) is -0.772. The van der Waals surface area contributed by atoms with Crippen LogP contribution in [-0.4, -0.2) is 34.2 Å². The number of fused-ring (bicyclic) bond motifs is 2. The zero-order valence-corrected chi connectivity index (χ0v) is 14.4.